The summed E-state index contributed by atoms with van der Waals surface area (Å²) in [6.07, 6.45) is 1.03. The van der Waals surface area contributed by atoms with Crippen LogP contribution in [-0.4, -0.2) is 45.1 Å². The lowest BCUT2D eigenvalue weighted by Gasteiger charge is -2.40. The smallest absolute Gasteiger partial charge is 0.342 e. The highest BCUT2D eigenvalue weighted by Gasteiger charge is 2.54. The lowest BCUT2D eigenvalue weighted by atomic mass is 10.5. The molecular weight excluding hydrogens is 326 g/mol. The summed E-state index contributed by atoms with van der Waals surface area (Å²) < 4.78 is 13.3. The molecule has 0 heterocycles. The van der Waals surface area contributed by atoms with Gasteiger partial charge in [-0.2, -0.15) is 4.18 Å². The molecule has 0 aromatic rings. The Bertz CT molecular complexity index is 334. The highest BCUT2D eigenvalue weighted by Crippen LogP contribution is 2.33. The molecule has 0 spiro atoms. The Morgan fingerprint density at radius 2 is 1.64 bits per heavy atom. The van der Waals surface area contributed by atoms with Crippen LogP contribution >= 0.6 is 0 Å². The zero-order chi connectivity index (χ0) is 17.8. The van der Waals surface area contributed by atoms with Crippen molar-refractivity contribution in [2.45, 2.75) is 89.8 Å². The van der Waals surface area contributed by atoms with Crippen molar-refractivity contribution in [3.63, 3.8) is 0 Å². The van der Waals surface area contributed by atoms with Gasteiger partial charge in [0.05, 0.1) is 13.1 Å². The van der Waals surface area contributed by atoms with Crippen LogP contribution in [0.2, 0.25) is 26.2 Å². The number of rotatable bonds is 10. The van der Waals surface area contributed by atoms with Crippen LogP contribution in [0.25, 0.3) is 0 Å². The van der Waals surface area contributed by atoms with E-state index in [0.717, 1.165) is 18.7 Å². The molecule has 132 valence electrons. The third-order valence-electron chi connectivity index (χ3n) is 4.56. The normalized spacial score (nSPS) is 15.3. The van der Waals surface area contributed by atoms with E-state index in [1.165, 1.54) is 0 Å². The maximum Gasteiger partial charge on any atom is 0.342 e. The van der Waals surface area contributed by atoms with Crippen molar-refractivity contribution in [3.8, 4) is 0 Å². The second kappa shape index (κ2) is 8.67. The third kappa shape index (κ3) is 6.65. The molecule has 0 aliphatic rings. The highest BCUT2D eigenvalue weighted by atomic mass is 32.2. The quantitative estimate of drug-likeness (QED) is 0.471. The summed E-state index contributed by atoms with van der Waals surface area (Å²) in [4.78, 5) is 0. The predicted molar refractivity (Wildman–Crippen MR) is 106 cm³/mol. The lowest BCUT2D eigenvalue weighted by molar-refractivity contribution is 0.117. The summed E-state index contributed by atoms with van der Waals surface area (Å²) in [5.74, 6) is 1.06. The molecule has 0 aromatic heterocycles. The van der Waals surface area contributed by atoms with Gasteiger partial charge in [-0.05, 0) is 61.2 Å². The van der Waals surface area contributed by atoms with Crippen LogP contribution in [-0.2, 0) is 19.8 Å². The second-order valence-electron chi connectivity index (χ2n) is 7.99. The van der Waals surface area contributed by atoms with E-state index in [4.69, 9.17) is 14.3 Å². The molecule has 6 heteroatoms. The van der Waals surface area contributed by atoms with Gasteiger partial charge in [0.1, 0.15) is 27.4 Å². The van der Waals surface area contributed by atoms with Crippen LogP contribution in [0.1, 0.15) is 48.0 Å². The van der Waals surface area contributed by atoms with Gasteiger partial charge in [-0.1, -0.05) is 0 Å². The van der Waals surface area contributed by atoms with Gasteiger partial charge in [-0.3, -0.25) is 0 Å². The Hall–Kier alpha value is 0.664. The first kappa shape index (κ1) is 22.7. The third-order valence-corrected chi connectivity index (χ3v) is 13.8. The van der Waals surface area contributed by atoms with Crippen molar-refractivity contribution < 1.29 is 8.61 Å². The fourth-order valence-corrected chi connectivity index (χ4v) is 7.79. The maximum absolute atomic E-state index is 6.68. The fourth-order valence-electron chi connectivity index (χ4n) is 1.83. The van der Waals surface area contributed by atoms with Crippen LogP contribution in [0.4, 0.5) is 0 Å². The molecule has 0 amide bonds. The Morgan fingerprint density at radius 1 is 1.14 bits per heavy atom. The monoisotopic (exact) mass is 365 g/mol. The minimum Gasteiger partial charge on any atom is -0.385 e. The summed E-state index contributed by atoms with van der Waals surface area (Å²) in [6, 6.07) is 0. The van der Waals surface area contributed by atoms with E-state index < -0.39 is 17.1 Å². The number of hydrogen-bond donors (Lipinski definition) is 1. The molecule has 0 radical (unpaired) electrons. The molecule has 0 aliphatic carbocycles. The molecule has 0 aliphatic heterocycles. The van der Waals surface area contributed by atoms with E-state index in [2.05, 4.69) is 67.7 Å². The first-order valence-electron chi connectivity index (χ1n) is 8.37. The molecule has 1 atom stereocenters. The Labute approximate surface area is 145 Å². The van der Waals surface area contributed by atoms with E-state index in [1.54, 1.807) is 0 Å². The average molecular weight is 366 g/mol. The van der Waals surface area contributed by atoms with E-state index in [9.17, 15) is 0 Å². The average Bonchev–Trinajstić information content (AvgIpc) is 2.32. The van der Waals surface area contributed by atoms with Gasteiger partial charge >= 0.3 is 8.80 Å². The zero-order valence-corrected chi connectivity index (χ0v) is 19.3. The summed E-state index contributed by atoms with van der Waals surface area (Å²) in [6.45, 7) is 23.4. The van der Waals surface area contributed by atoms with Gasteiger partial charge in [0.25, 0.3) is 0 Å². The lowest BCUT2D eigenvalue weighted by Crippen LogP contribution is -2.61. The first-order valence-corrected chi connectivity index (χ1v) is 15.2. The molecule has 0 saturated heterocycles. The van der Waals surface area contributed by atoms with Crippen molar-refractivity contribution in [1.29, 1.82) is 0 Å². The molecule has 2 N–H and O–H groups in total. The zero-order valence-electron chi connectivity index (χ0n) is 16.5. The summed E-state index contributed by atoms with van der Waals surface area (Å²) in [7, 11) is -2.52. The van der Waals surface area contributed by atoms with Crippen molar-refractivity contribution in [2.24, 2.45) is 5.73 Å². The van der Waals surface area contributed by atoms with E-state index in [0.29, 0.717) is 5.25 Å². The Balaban J connectivity index is 5.08. The second-order valence-corrected chi connectivity index (χ2v) is 17.9. The SMILES string of the molecule is CC(C)[S+](CCCN)OC(C)(C)[Si](C)(C)OC(C)(C)[Si+](C)C. The first-order chi connectivity index (χ1) is 9.77. The largest absolute Gasteiger partial charge is 0.385 e. The van der Waals surface area contributed by atoms with Gasteiger partial charge < -0.3 is 10.2 Å². The molecule has 0 aromatic carbocycles. The van der Waals surface area contributed by atoms with Gasteiger partial charge in [0.15, 0.2) is 5.22 Å². The van der Waals surface area contributed by atoms with Crippen molar-refractivity contribution in [2.75, 3.05) is 12.3 Å². The number of nitrogens with two attached hydrogens (primary N) is 1. The Kier molecular flexibility index (Phi) is 8.93. The summed E-state index contributed by atoms with van der Waals surface area (Å²) in [5.41, 5.74) is 5.68. The molecule has 0 fully saturated rings. The van der Waals surface area contributed by atoms with Crippen LogP contribution in [0, 0.1) is 0 Å². The minimum atomic E-state index is -2.00. The van der Waals surface area contributed by atoms with E-state index in [1.807, 2.05) is 0 Å². The minimum absolute atomic E-state index is 0.0191. The van der Waals surface area contributed by atoms with Gasteiger partial charge in [0, 0.05) is 6.42 Å². The van der Waals surface area contributed by atoms with E-state index >= 15 is 0 Å². The molecule has 0 rings (SSSR count). The van der Waals surface area contributed by atoms with Gasteiger partial charge in [-0.25, -0.2) is 0 Å². The fraction of sp³-hybridized carbons (Fsp3) is 1.00. The van der Waals surface area contributed by atoms with Gasteiger partial charge in [-0.15, -0.1) is 0 Å². The van der Waals surface area contributed by atoms with Crippen molar-refractivity contribution in [1.82, 2.24) is 0 Å². The van der Waals surface area contributed by atoms with Crippen molar-refractivity contribution >= 4 is 28.3 Å². The molecule has 0 bridgehead atoms. The standard InChI is InChI=1S/C16H39NO2SSi2/c1-14(2)20(13-11-12-17)18-16(5,6)22(9,10)19-15(3,4)21(7)8/h14H,11-13,17H2,1-10H3/q+2. The predicted octanol–water partition coefficient (Wildman–Crippen LogP) is 3.91. The van der Waals surface area contributed by atoms with Gasteiger partial charge in [0.2, 0.25) is 8.32 Å². The number of hydrogen-bond acceptors (Lipinski definition) is 3. The topological polar surface area (TPSA) is 44.5 Å². The molecule has 1 unspecified atom stereocenters. The van der Waals surface area contributed by atoms with Crippen LogP contribution < -0.4 is 5.73 Å². The summed E-state index contributed by atoms with van der Waals surface area (Å²) >= 11 is -0.0481. The summed E-state index contributed by atoms with van der Waals surface area (Å²) in [5, 5.41) is 0.304. The Morgan fingerprint density at radius 3 is 2.00 bits per heavy atom. The van der Waals surface area contributed by atoms with Crippen LogP contribution in [0.5, 0.6) is 0 Å². The highest BCUT2D eigenvalue weighted by molar-refractivity contribution is 7.93. The van der Waals surface area contributed by atoms with E-state index in [-0.39, 0.29) is 21.6 Å². The molecule has 3 nitrogen and oxygen atoms in total. The van der Waals surface area contributed by atoms with Crippen LogP contribution in [0.3, 0.4) is 0 Å². The van der Waals surface area contributed by atoms with Crippen LogP contribution in [0.15, 0.2) is 0 Å². The molecule has 22 heavy (non-hydrogen) atoms. The van der Waals surface area contributed by atoms with Crippen molar-refractivity contribution in [3.05, 3.63) is 0 Å². The maximum atomic E-state index is 6.68. The molecule has 0 saturated carbocycles. The molecular formula is C16H39NO2SSi2+2.